The van der Waals surface area contributed by atoms with E-state index >= 15 is 0 Å². The highest BCUT2D eigenvalue weighted by Crippen LogP contribution is 2.40. The van der Waals surface area contributed by atoms with E-state index in [2.05, 4.69) is 5.32 Å². The lowest BCUT2D eigenvalue weighted by Gasteiger charge is -2.30. The average Bonchev–Trinajstić information content (AvgIpc) is 2.31. The molecule has 1 aromatic carbocycles. The zero-order chi connectivity index (χ0) is 11.6. The Balaban J connectivity index is 2.19. The maximum absolute atomic E-state index is 14.1. The van der Waals surface area contributed by atoms with Gasteiger partial charge in [-0.25, -0.2) is 8.78 Å². The zero-order valence-electron chi connectivity index (χ0n) is 9.47. The van der Waals surface area contributed by atoms with Gasteiger partial charge in [0.1, 0.15) is 0 Å². The van der Waals surface area contributed by atoms with Gasteiger partial charge < -0.3 is 5.32 Å². The zero-order valence-corrected chi connectivity index (χ0v) is 9.47. The van der Waals surface area contributed by atoms with Crippen LogP contribution in [0.5, 0.6) is 0 Å². The number of alkyl halides is 2. The molecule has 1 aromatic rings. The van der Waals surface area contributed by atoms with Crippen LogP contribution >= 0.6 is 0 Å². The summed E-state index contributed by atoms with van der Waals surface area (Å²) in [7, 11) is 0. The Morgan fingerprint density at radius 3 is 2.25 bits per heavy atom. The number of piperidine rings is 1. The SMILES string of the molecule is Cc1ccc(C(F)(F)C2CCNCC2)cc1. The van der Waals surface area contributed by atoms with Gasteiger partial charge in [-0.3, -0.25) is 0 Å². The molecule has 1 saturated heterocycles. The van der Waals surface area contributed by atoms with Crippen molar-refractivity contribution >= 4 is 0 Å². The lowest BCUT2D eigenvalue weighted by Crippen LogP contribution is -2.36. The van der Waals surface area contributed by atoms with E-state index in [1.54, 1.807) is 24.3 Å². The summed E-state index contributed by atoms with van der Waals surface area (Å²) in [6.45, 7) is 3.31. The van der Waals surface area contributed by atoms with E-state index in [0.717, 1.165) is 5.56 Å². The lowest BCUT2D eigenvalue weighted by molar-refractivity contribution is -0.0753. The Hall–Kier alpha value is -0.960. The van der Waals surface area contributed by atoms with Crippen molar-refractivity contribution in [2.75, 3.05) is 13.1 Å². The minimum absolute atomic E-state index is 0.157. The van der Waals surface area contributed by atoms with Gasteiger partial charge in [-0.05, 0) is 32.9 Å². The maximum atomic E-state index is 14.1. The van der Waals surface area contributed by atoms with Crippen molar-refractivity contribution in [3.63, 3.8) is 0 Å². The largest absolute Gasteiger partial charge is 0.317 e. The molecule has 1 aliphatic rings. The summed E-state index contributed by atoms with van der Waals surface area (Å²) in [6.07, 6.45) is 1.11. The minimum Gasteiger partial charge on any atom is -0.317 e. The number of rotatable bonds is 2. The van der Waals surface area contributed by atoms with Gasteiger partial charge in [-0.1, -0.05) is 29.8 Å². The summed E-state index contributed by atoms with van der Waals surface area (Å²) < 4.78 is 28.3. The molecule has 88 valence electrons. The van der Waals surface area contributed by atoms with Gasteiger partial charge in [-0.2, -0.15) is 0 Å². The highest BCUT2D eigenvalue weighted by atomic mass is 19.3. The summed E-state index contributed by atoms with van der Waals surface area (Å²) in [5.74, 6) is -3.20. The summed E-state index contributed by atoms with van der Waals surface area (Å²) in [4.78, 5) is 0. The second-order valence-electron chi connectivity index (χ2n) is 4.51. The van der Waals surface area contributed by atoms with E-state index in [1.807, 2.05) is 6.92 Å². The normalized spacial score (nSPS) is 18.7. The fourth-order valence-corrected chi connectivity index (χ4v) is 2.20. The third-order valence-electron chi connectivity index (χ3n) is 3.29. The first-order chi connectivity index (χ1) is 7.60. The molecule has 3 heteroatoms. The smallest absolute Gasteiger partial charge is 0.276 e. The lowest BCUT2D eigenvalue weighted by atomic mass is 9.87. The summed E-state index contributed by atoms with van der Waals surface area (Å²) in [5, 5.41) is 3.11. The van der Waals surface area contributed by atoms with Crippen molar-refractivity contribution in [1.29, 1.82) is 0 Å². The molecule has 0 radical (unpaired) electrons. The Kier molecular flexibility index (Phi) is 3.24. The second kappa shape index (κ2) is 4.50. The van der Waals surface area contributed by atoms with Gasteiger partial charge in [0.25, 0.3) is 5.92 Å². The fourth-order valence-electron chi connectivity index (χ4n) is 2.20. The molecular weight excluding hydrogens is 208 g/mol. The third-order valence-corrected chi connectivity index (χ3v) is 3.29. The number of hydrogen-bond acceptors (Lipinski definition) is 1. The fraction of sp³-hybridized carbons (Fsp3) is 0.538. The standard InChI is InChI=1S/C13H17F2N/c1-10-2-4-11(5-3-10)13(14,15)12-6-8-16-9-7-12/h2-5,12,16H,6-9H2,1H3. The molecule has 0 atom stereocenters. The maximum Gasteiger partial charge on any atom is 0.276 e. The molecular formula is C13H17F2N. The predicted molar refractivity (Wildman–Crippen MR) is 60.7 cm³/mol. The van der Waals surface area contributed by atoms with Crippen LogP contribution in [-0.2, 0) is 5.92 Å². The first-order valence-corrected chi connectivity index (χ1v) is 5.76. The number of nitrogens with one attached hydrogen (secondary N) is 1. The van der Waals surface area contributed by atoms with Crippen LogP contribution in [0.1, 0.15) is 24.0 Å². The van der Waals surface area contributed by atoms with E-state index in [4.69, 9.17) is 0 Å². The molecule has 2 rings (SSSR count). The predicted octanol–water partition coefficient (Wildman–Crippen LogP) is 3.09. The molecule has 1 fully saturated rings. The molecule has 1 heterocycles. The van der Waals surface area contributed by atoms with Gasteiger partial charge in [0, 0.05) is 11.5 Å². The molecule has 0 spiro atoms. The Bertz CT molecular complexity index is 339. The monoisotopic (exact) mass is 225 g/mol. The van der Waals surface area contributed by atoms with Crippen LogP contribution in [0, 0.1) is 12.8 Å². The molecule has 1 N–H and O–H groups in total. The van der Waals surface area contributed by atoms with Crippen LogP contribution in [-0.4, -0.2) is 13.1 Å². The summed E-state index contributed by atoms with van der Waals surface area (Å²) in [6, 6.07) is 6.61. The van der Waals surface area contributed by atoms with Crippen molar-refractivity contribution in [1.82, 2.24) is 5.32 Å². The molecule has 1 aliphatic heterocycles. The van der Waals surface area contributed by atoms with Crippen LogP contribution in [0.25, 0.3) is 0 Å². The average molecular weight is 225 g/mol. The van der Waals surface area contributed by atoms with Crippen LogP contribution in [0.4, 0.5) is 8.78 Å². The van der Waals surface area contributed by atoms with E-state index < -0.39 is 11.8 Å². The molecule has 0 aromatic heterocycles. The highest BCUT2D eigenvalue weighted by Gasteiger charge is 2.41. The molecule has 16 heavy (non-hydrogen) atoms. The molecule has 1 nitrogen and oxygen atoms in total. The molecule has 0 saturated carbocycles. The van der Waals surface area contributed by atoms with Gasteiger partial charge in [0.05, 0.1) is 0 Å². The summed E-state index contributed by atoms with van der Waals surface area (Å²) in [5.41, 5.74) is 1.18. The minimum atomic E-state index is -2.68. The highest BCUT2D eigenvalue weighted by molar-refractivity contribution is 5.25. The van der Waals surface area contributed by atoms with Gasteiger partial charge in [0.2, 0.25) is 0 Å². The number of aryl methyl sites for hydroxylation is 1. The molecule has 0 aliphatic carbocycles. The number of hydrogen-bond donors (Lipinski definition) is 1. The third kappa shape index (κ3) is 2.24. The Morgan fingerprint density at radius 2 is 1.69 bits per heavy atom. The Labute approximate surface area is 94.9 Å². The van der Waals surface area contributed by atoms with Crippen LogP contribution in [0.15, 0.2) is 24.3 Å². The summed E-state index contributed by atoms with van der Waals surface area (Å²) >= 11 is 0. The van der Waals surface area contributed by atoms with Crippen molar-refractivity contribution in [2.24, 2.45) is 5.92 Å². The molecule has 0 bridgehead atoms. The van der Waals surface area contributed by atoms with E-state index in [9.17, 15) is 8.78 Å². The van der Waals surface area contributed by atoms with Crippen molar-refractivity contribution < 1.29 is 8.78 Å². The van der Waals surface area contributed by atoms with E-state index in [0.29, 0.717) is 25.9 Å². The van der Waals surface area contributed by atoms with Crippen LogP contribution in [0.3, 0.4) is 0 Å². The quantitative estimate of drug-likeness (QED) is 0.815. The first kappa shape index (κ1) is 11.5. The van der Waals surface area contributed by atoms with Crippen molar-refractivity contribution in [3.05, 3.63) is 35.4 Å². The van der Waals surface area contributed by atoms with Crippen molar-refractivity contribution in [2.45, 2.75) is 25.7 Å². The van der Waals surface area contributed by atoms with E-state index in [1.165, 1.54) is 0 Å². The van der Waals surface area contributed by atoms with Crippen LogP contribution in [0.2, 0.25) is 0 Å². The second-order valence-corrected chi connectivity index (χ2v) is 4.51. The van der Waals surface area contributed by atoms with Crippen molar-refractivity contribution in [3.8, 4) is 0 Å². The van der Waals surface area contributed by atoms with Gasteiger partial charge in [-0.15, -0.1) is 0 Å². The van der Waals surface area contributed by atoms with Gasteiger partial charge >= 0.3 is 0 Å². The Morgan fingerprint density at radius 1 is 1.12 bits per heavy atom. The molecule has 0 amide bonds. The van der Waals surface area contributed by atoms with E-state index in [-0.39, 0.29) is 5.56 Å². The molecule has 0 unspecified atom stereocenters. The van der Waals surface area contributed by atoms with Gasteiger partial charge in [0.15, 0.2) is 0 Å². The van der Waals surface area contributed by atoms with Crippen LogP contribution < -0.4 is 5.32 Å². The number of halogens is 2. The number of benzene rings is 1. The first-order valence-electron chi connectivity index (χ1n) is 5.76. The topological polar surface area (TPSA) is 12.0 Å².